The lowest BCUT2D eigenvalue weighted by Gasteiger charge is -2.17. The molecule has 0 aromatic heterocycles. The van der Waals surface area contributed by atoms with Crippen molar-refractivity contribution in [2.24, 2.45) is 0 Å². The van der Waals surface area contributed by atoms with E-state index in [-0.39, 0.29) is 5.82 Å². The molecule has 0 saturated carbocycles. The molecular formula is C12H12BrFO. The summed E-state index contributed by atoms with van der Waals surface area (Å²) in [4.78, 5) is 0. The minimum absolute atomic E-state index is 0.224. The zero-order chi connectivity index (χ0) is 10.8. The fourth-order valence-corrected chi connectivity index (χ4v) is 2.23. The lowest BCUT2D eigenvalue weighted by atomic mass is 9.92. The summed E-state index contributed by atoms with van der Waals surface area (Å²) in [7, 11) is 0. The van der Waals surface area contributed by atoms with Crippen molar-refractivity contribution in [2.45, 2.75) is 25.4 Å². The van der Waals surface area contributed by atoms with E-state index >= 15 is 0 Å². The summed E-state index contributed by atoms with van der Waals surface area (Å²) in [5, 5.41) is 9.49. The van der Waals surface area contributed by atoms with Gasteiger partial charge in [-0.25, -0.2) is 4.39 Å². The zero-order valence-electron chi connectivity index (χ0n) is 8.21. The van der Waals surface area contributed by atoms with E-state index in [4.69, 9.17) is 0 Å². The molecule has 3 heteroatoms. The van der Waals surface area contributed by atoms with Crippen LogP contribution in [0.2, 0.25) is 0 Å². The van der Waals surface area contributed by atoms with Gasteiger partial charge in [0.25, 0.3) is 0 Å². The minimum atomic E-state index is -0.424. The Morgan fingerprint density at radius 3 is 2.93 bits per heavy atom. The molecule has 0 aliphatic heterocycles. The average Bonchev–Trinajstić information content (AvgIpc) is 2.22. The fourth-order valence-electron chi connectivity index (χ4n) is 1.87. The molecule has 0 saturated heterocycles. The Kier molecular flexibility index (Phi) is 3.22. The number of aliphatic hydroxyl groups excluding tert-OH is 1. The molecule has 0 amide bonds. The van der Waals surface area contributed by atoms with Gasteiger partial charge in [0.05, 0.1) is 6.10 Å². The van der Waals surface area contributed by atoms with Crippen LogP contribution in [0.3, 0.4) is 0 Å². The lowest BCUT2D eigenvalue weighted by molar-refractivity contribution is 0.206. The summed E-state index contributed by atoms with van der Waals surface area (Å²) >= 11 is 3.32. The Morgan fingerprint density at radius 2 is 2.20 bits per heavy atom. The van der Waals surface area contributed by atoms with Crippen LogP contribution in [-0.4, -0.2) is 11.2 Å². The molecule has 0 heterocycles. The number of rotatable bonds is 1. The van der Waals surface area contributed by atoms with Gasteiger partial charge in [0.2, 0.25) is 0 Å². The van der Waals surface area contributed by atoms with E-state index in [1.807, 2.05) is 0 Å². The highest BCUT2D eigenvalue weighted by atomic mass is 79.9. The lowest BCUT2D eigenvalue weighted by Crippen LogP contribution is -2.09. The topological polar surface area (TPSA) is 20.2 Å². The van der Waals surface area contributed by atoms with Crippen LogP contribution in [-0.2, 0) is 0 Å². The zero-order valence-corrected chi connectivity index (χ0v) is 9.80. The summed E-state index contributed by atoms with van der Waals surface area (Å²) in [6, 6.07) is 4.89. The molecule has 1 N–H and O–H groups in total. The fraction of sp³-hybridized carbons (Fsp3) is 0.333. The van der Waals surface area contributed by atoms with Gasteiger partial charge in [0.1, 0.15) is 5.82 Å². The molecule has 1 aliphatic rings. The Balaban J connectivity index is 2.40. The van der Waals surface area contributed by atoms with Crippen LogP contribution in [0.5, 0.6) is 0 Å². The standard InChI is InChI=1S/C12H12BrFO/c13-9-4-5-12(14)11(7-9)8-2-1-3-10(15)6-8/h4-7,10,15H,1-3H2. The summed E-state index contributed by atoms with van der Waals surface area (Å²) in [6.45, 7) is 0. The van der Waals surface area contributed by atoms with E-state index in [1.165, 1.54) is 6.07 Å². The van der Waals surface area contributed by atoms with E-state index in [0.29, 0.717) is 5.56 Å². The van der Waals surface area contributed by atoms with Gasteiger partial charge >= 0.3 is 0 Å². The molecule has 0 radical (unpaired) electrons. The van der Waals surface area contributed by atoms with E-state index in [2.05, 4.69) is 15.9 Å². The maximum Gasteiger partial charge on any atom is 0.130 e. The van der Waals surface area contributed by atoms with Crippen molar-refractivity contribution in [3.8, 4) is 0 Å². The highest BCUT2D eigenvalue weighted by Crippen LogP contribution is 2.30. The second-order valence-electron chi connectivity index (χ2n) is 3.78. The molecule has 1 atom stereocenters. The third-order valence-corrected chi connectivity index (χ3v) is 3.11. The second kappa shape index (κ2) is 4.45. The highest BCUT2D eigenvalue weighted by molar-refractivity contribution is 9.10. The minimum Gasteiger partial charge on any atom is -0.389 e. The molecule has 1 nitrogen and oxygen atoms in total. The molecule has 1 aliphatic carbocycles. The number of aliphatic hydroxyl groups is 1. The summed E-state index contributed by atoms with van der Waals surface area (Å²) in [6.07, 6.45) is 3.86. The van der Waals surface area contributed by atoms with E-state index in [0.717, 1.165) is 29.3 Å². The van der Waals surface area contributed by atoms with Crippen molar-refractivity contribution in [1.29, 1.82) is 0 Å². The maximum atomic E-state index is 13.5. The molecule has 80 valence electrons. The van der Waals surface area contributed by atoms with Crippen LogP contribution in [0, 0.1) is 5.82 Å². The predicted molar refractivity (Wildman–Crippen MR) is 61.9 cm³/mol. The molecule has 1 aromatic carbocycles. The first kappa shape index (κ1) is 10.8. The van der Waals surface area contributed by atoms with Crippen LogP contribution in [0.25, 0.3) is 5.57 Å². The van der Waals surface area contributed by atoms with Crippen molar-refractivity contribution in [2.75, 3.05) is 0 Å². The largest absolute Gasteiger partial charge is 0.389 e. The Bertz CT molecular complexity index is 401. The number of hydrogen-bond acceptors (Lipinski definition) is 1. The predicted octanol–water partition coefficient (Wildman–Crippen LogP) is 3.52. The quantitative estimate of drug-likeness (QED) is 0.828. The van der Waals surface area contributed by atoms with Crippen molar-refractivity contribution in [1.82, 2.24) is 0 Å². The number of hydrogen-bond donors (Lipinski definition) is 1. The highest BCUT2D eigenvalue weighted by Gasteiger charge is 2.15. The summed E-state index contributed by atoms with van der Waals surface area (Å²) < 4.78 is 14.4. The van der Waals surface area contributed by atoms with Gasteiger partial charge in [-0.15, -0.1) is 0 Å². The van der Waals surface area contributed by atoms with Crippen molar-refractivity contribution in [3.05, 3.63) is 40.1 Å². The van der Waals surface area contributed by atoms with Crippen molar-refractivity contribution >= 4 is 21.5 Å². The number of allylic oxidation sites excluding steroid dienone is 1. The van der Waals surface area contributed by atoms with Crippen molar-refractivity contribution in [3.63, 3.8) is 0 Å². The molecule has 0 spiro atoms. The molecule has 15 heavy (non-hydrogen) atoms. The van der Waals surface area contributed by atoms with Gasteiger partial charge in [-0.1, -0.05) is 22.0 Å². The number of halogens is 2. The van der Waals surface area contributed by atoms with E-state index in [1.54, 1.807) is 18.2 Å². The van der Waals surface area contributed by atoms with Crippen molar-refractivity contribution < 1.29 is 9.50 Å². The molecule has 2 rings (SSSR count). The molecular weight excluding hydrogens is 259 g/mol. The third kappa shape index (κ3) is 2.47. The summed E-state index contributed by atoms with van der Waals surface area (Å²) in [5.41, 5.74) is 1.51. The summed E-state index contributed by atoms with van der Waals surface area (Å²) in [5.74, 6) is -0.224. The number of benzene rings is 1. The molecule has 1 aromatic rings. The Hall–Kier alpha value is -0.670. The normalized spacial score (nSPS) is 21.3. The SMILES string of the molecule is OC1C=C(c2cc(Br)ccc2F)CCC1. The maximum absolute atomic E-state index is 13.5. The average molecular weight is 271 g/mol. The first-order chi connectivity index (χ1) is 7.16. The van der Waals surface area contributed by atoms with Crippen LogP contribution in [0.15, 0.2) is 28.7 Å². The Labute approximate surface area is 96.8 Å². The Morgan fingerprint density at radius 1 is 1.40 bits per heavy atom. The van der Waals surface area contributed by atoms with Crippen LogP contribution < -0.4 is 0 Å². The second-order valence-corrected chi connectivity index (χ2v) is 4.69. The monoisotopic (exact) mass is 270 g/mol. The third-order valence-electron chi connectivity index (χ3n) is 2.61. The van der Waals surface area contributed by atoms with Crippen LogP contribution in [0.4, 0.5) is 4.39 Å². The van der Waals surface area contributed by atoms with Gasteiger partial charge in [-0.3, -0.25) is 0 Å². The smallest absolute Gasteiger partial charge is 0.130 e. The van der Waals surface area contributed by atoms with E-state index < -0.39 is 6.10 Å². The van der Waals surface area contributed by atoms with Crippen LogP contribution >= 0.6 is 15.9 Å². The molecule has 0 fully saturated rings. The first-order valence-corrected chi connectivity index (χ1v) is 5.80. The van der Waals surface area contributed by atoms with Gasteiger partial charge in [-0.2, -0.15) is 0 Å². The van der Waals surface area contributed by atoms with Gasteiger partial charge in [-0.05, 0) is 43.0 Å². The van der Waals surface area contributed by atoms with Gasteiger partial charge in [0.15, 0.2) is 0 Å². The van der Waals surface area contributed by atoms with E-state index in [9.17, 15) is 9.50 Å². The van der Waals surface area contributed by atoms with Crippen LogP contribution in [0.1, 0.15) is 24.8 Å². The van der Waals surface area contributed by atoms with Gasteiger partial charge in [0, 0.05) is 10.0 Å². The van der Waals surface area contributed by atoms with Gasteiger partial charge < -0.3 is 5.11 Å². The molecule has 1 unspecified atom stereocenters. The molecule has 0 bridgehead atoms. The first-order valence-electron chi connectivity index (χ1n) is 5.01.